The molecule has 0 unspecified atom stereocenters. The third-order valence-corrected chi connectivity index (χ3v) is 7.14. The second-order valence-corrected chi connectivity index (χ2v) is 9.45. The Morgan fingerprint density at radius 3 is 2.62 bits per heavy atom. The summed E-state index contributed by atoms with van der Waals surface area (Å²) in [6.07, 6.45) is 3.37. The zero-order chi connectivity index (χ0) is 18.9. The van der Waals surface area contributed by atoms with Gasteiger partial charge in [-0.25, -0.2) is 13.4 Å². The lowest BCUT2D eigenvalue weighted by Crippen LogP contribution is -2.30. The molecular weight excluding hydrogens is 376 g/mol. The molecule has 0 bridgehead atoms. The van der Waals surface area contributed by atoms with Gasteiger partial charge in [-0.2, -0.15) is 4.31 Å². The van der Waals surface area contributed by atoms with E-state index in [9.17, 15) is 18.5 Å². The first-order valence-electron chi connectivity index (χ1n) is 8.20. The Labute approximate surface area is 156 Å². The number of non-ortho nitro benzene ring substituents is 1. The maximum Gasteiger partial charge on any atom is 0.270 e. The van der Waals surface area contributed by atoms with Crippen LogP contribution >= 0.6 is 11.3 Å². The molecule has 2 heterocycles. The van der Waals surface area contributed by atoms with Gasteiger partial charge >= 0.3 is 0 Å². The number of nitrogens with zero attached hydrogens (tertiary/aromatic N) is 4. The molecule has 2 aromatic rings. The minimum absolute atomic E-state index is 0.0164. The Morgan fingerprint density at radius 1 is 1.35 bits per heavy atom. The Morgan fingerprint density at radius 2 is 2.04 bits per heavy atom. The van der Waals surface area contributed by atoms with E-state index < -0.39 is 14.9 Å². The van der Waals surface area contributed by atoms with Gasteiger partial charge < -0.3 is 4.90 Å². The average molecular weight is 396 g/mol. The lowest BCUT2D eigenvalue weighted by molar-refractivity contribution is -0.385. The molecule has 26 heavy (non-hydrogen) atoms. The highest BCUT2D eigenvalue weighted by Gasteiger charge is 2.31. The van der Waals surface area contributed by atoms with E-state index in [0.717, 1.165) is 28.8 Å². The summed E-state index contributed by atoms with van der Waals surface area (Å²) in [4.78, 5) is 17.6. The van der Waals surface area contributed by atoms with E-state index in [-0.39, 0.29) is 10.6 Å². The fourth-order valence-electron chi connectivity index (χ4n) is 3.00. The normalized spacial score (nSPS) is 15.3. The van der Waals surface area contributed by atoms with Gasteiger partial charge in [-0.1, -0.05) is 0 Å². The minimum Gasteiger partial charge on any atom is -0.368 e. The van der Waals surface area contributed by atoms with Crippen molar-refractivity contribution in [3.63, 3.8) is 0 Å². The highest BCUT2D eigenvalue weighted by atomic mass is 32.2. The summed E-state index contributed by atoms with van der Waals surface area (Å²) < 4.78 is 27.5. The number of benzene rings is 1. The minimum atomic E-state index is -3.78. The summed E-state index contributed by atoms with van der Waals surface area (Å²) >= 11 is 1.54. The van der Waals surface area contributed by atoms with E-state index in [2.05, 4.69) is 4.98 Å². The van der Waals surface area contributed by atoms with Crippen molar-refractivity contribution in [2.24, 2.45) is 0 Å². The Kier molecular flexibility index (Phi) is 5.26. The van der Waals surface area contributed by atoms with E-state index in [1.165, 1.54) is 27.8 Å². The summed E-state index contributed by atoms with van der Waals surface area (Å²) in [6, 6.07) is 4.01. The number of hydrogen-bond donors (Lipinski definition) is 0. The fourth-order valence-corrected chi connectivity index (χ4v) is 5.63. The Hall–Kier alpha value is -2.04. The molecule has 1 fully saturated rings. The van der Waals surface area contributed by atoms with Gasteiger partial charge in [-0.15, -0.1) is 11.3 Å². The van der Waals surface area contributed by atoms with Crippen LogP contribution in [0.15, 0.2) is 29.3 Å². The number of aryl methyl sites for hydroxylation is 1. The van der Waals surface area contributed by atoms with E-state index >= 15 is 0 Å². The highest BCUT2D eigenvalue weighted by molar-refractivity contribution is 7.89. The summed E-state index contributed by atoms with van der Waals surface area (Å²) in [6.45, 7) is 3.28. The molecule has 0 spiro atoms. The molecule has 3 rings (SSSR count). The summed E-state index contributed by atoms with van der Waals surface area (Å²) in [5.41, 5.74) is 0.224. The van der Waals surface area contributed by atoms with Crippen LogP contribution < -0.4 is 4.90 Å². The Bertz CT molecular complexity index is 920. The number of aromatic nitrogens is 1. The first-order valence-corrected chi connectivity index (χ1v) is 10.5. The van der Waals surface area contributed by atoms with Gasteiger partial charge in [0.2, 0.25) is 10.0 Å². The molecule has 0 atom stereocenters. The van der Waals surface area contributed by atoms with Crippen LogP contribution in [0.5, 0.6) is 0 Å². The van der Waals surface area contributed by atoms with Crippen molar-refractivity contribution in [1.82, 2.24) is 9.29 Å². The molecule has 8 nitrogen and oxygen atoms in total. The summed E-state index contributed by atoms with van der Waals surface area (Å²) in [5, 5.41) is 12.1. The number of sulfonamides is 1. The molecule has 1 aromatic heterocycles. The van der Waals surface area contributed by atoms with Crippen molar-refractivity contribution < 1.29 is 13.3 Å². The topological polar surface area (TPSA) is 96.6 Å². The first-order chi connectivity index (χ1) is 12.3. The molecule has 0 N–H and O–H groups in total. The van der Waals surface area contributed by atoms with Crippen molar-refractivity contribution in [1.29, 1.82) is 0 Å². The van der Waals surface area contributed by atoms with E-state index in [1.54, 1.807) is 18.1 Å². The molecule has 1 aliphatic heterocycles. The number of nitro benzene ring substituents is 1. The molecule has 10 heteroatoms. The molecule has 0 aliphatic carbocycles. The third-order valence-electron chi connectivity index (χ3n) is 4.31. The molecule has 1 saturated heterocycles. The van der Waals surface area contributed by atoms with Gasteiger partial charge in [0, 0.05) is 43.3 Å². The van der Waals surface area contributed by atoms with Crippen molar-refractivity contribution in [3.8, 4) is 0 Å². The van der Waals surface area contributed by atoms with Gasteiger partial charge in [0.05, 0.1) is 22.2 Å². The number of hydrogen-bond acceptors (Lipinski definition) is 7. The van der Waals surface area contributed by atoms with Crippen molar-refractivity contribution in [2.45, 2.75) is 31.2 Å². The van der Waals surface area contributed by atoms with Crippen molar-refractivity contribution >= 4 is 32.7 Å². The fraction of sp³-hybridized carbons (Fsp3) is 0.438. The lowest BCUT2D eigenvalue weighted by Gasteiger charge is -2.24. The van der Waals surface area contributed by atoms with Crippen LogP contribution in [0.2, 0.25) is 0 Å². The number of nitro groups is 1. The van der Waals surface area contributed by atoms with Gasteiger partial charge in [-0.05, 0) is 25.8 Å². The zero-order valence-corrected chi connectivity index (χ0v) is 16.2. The average Bonchev–Trinajstić information content (AvgIpc) is 3.26. The zero-order valence-electron chi connectivity index (χ0n) is 14.6. The molecule has 0 radical (unpaired) electrons. The van der Waals surface area contributed by atoms with Crippen LogP contribution in [0.1, 0.15) is 22.7 Å². The summed E-state index contributed by atoms with van der Waals surface area (Å²) in [5.74, 6) is 0. The smallest absolute Gasteiger partial charge is 0.270 e. The Balaban J connectivity index is 2.02. The molecule has 1 aliphatic rings. The monoisotopic (exact) mass is 396 g/mol. The molecular formula is C16H20N4O4S2. The molecule has 1 aromatic carbocycles. The number of thiazole rings is 1. The van der Waals surface area contributed by atoms with Crippen LogP contribution in [0.25, 0.3) is 0 Å². The van der Waals surface area contributed by atoms with E-state index in [4.69, 9.17) is 0 Å². The second kappa shape index (κ2) is 7.29. The van der Waals surface area contributed by atoms with E-state index in [0.29, 0.717) is 25.3 Å². The van der Waals surface area contributed by atoms with Gasteiger partial charge in [-0.3, -0.25) is 10.1 Å². The van der Waals surface area contributed by atoms with Crippen LogP contribution in [0, 0.1) is 17.0 Å². The third kappa shape index (κ3) is 3.71. The predicted octanol–water partition coefficient (Wildman–Crippen LogP) is 2.78. The van der Waals surface area contributed by atoms with Crippen LogP contribution in [0.3, 0.4) is 0 Å². The quantitative estimate of drug-likeness (QED) is 0.550. The van der Waals surface area contributed by atoms with Crippen LogP contribution in [-0.4, -0.2) is 42.8 Å². The second-order valence-electron chi connectivity index (χ2n) is 6.22. The van der Waals surface area contributed by atoms with E-state index in [1.807, 2.05) is 6.92 Å². The largest absolute Gasteiger partial charge is 0.368 e. The SMILES string of the molecule is Cc1ncc(CN(C)c2ccc([N+](=O)[O-])cc2S(=O)(=O)N2CCCC2)s1. The van der Waals surface area contributed by atoms with Gasteiger partial charge in [0.15, 0.2) is 0 Å². The molecule has 0 amide bonds. The van der Waals surface area contributed by atoms with Crippen LogP contribution in [-0.2, 0) is 16.6 Å². The van der Waals surface area contributed by atoms with Crippen LogP contribution in [0.4, 0.5) is 11.4 Å². The summed E-state index contributed by atoms with van der Waals surface area (Å²) in [7, 11) is -2.01. The maximum absolute atomic E-state index is 13.1. The number of anilines is 1. The van der Waals surface area contributed by atoms with Gasteiger partial charge in [0.1, 0.15) is 4.90 Å². The standard InChI is InChI=1S/C16H20N4O4S2/c1-12-17-10-14(25-12)11-18(2)15-6-5-13(20(21)22)9-16(15)26(23,24)19-7-3-4-8-19/h5-6,9-10H,3-4,7-8,11H2,1-2H3. The number of rotatable bonds is 6. The maximum atomic E-state index is 13.1. The first kappa shape index (κ1) is 18.7. The predicted molar refractivity (Wildman–Crippen MR) is 100 cm³/mol. The van der Waals surface area contributed by atoms with Crippen molar-refractivity contribution in [2.75, 3.05) is 25.0 Å². The molecule has 140 valence electrons. The molecule has 0 saturated carbocycles. The lowest BCUT2D eigenvalue weighted by atomic mass is 10.2. The van der Waals surface area contributed by atoms with Gasteiger partial charge in [0.25, 0.3) is 5.69 Å². The van der Waals surface area contributed by atoms with Crippen molar-refractivity contribution in [3.05, 3.63) is 44.4 Å². The highest BCUT2D eigenvalue weighted by Crippen LogP contribution is 2.33.